The molecule has 0 fully saturated rings. The minimum atomic E-state index is -4.45. The van der Waals surface area contributed by atoms with E-state index in [1.54, 1.807) is 0 Å². The summed E-state index contributed by atoms with van der Waals surface area (Å²) in [6, 6.07) is 2.40. The molecule has 5 heteroatoms. The van der Waals surface area contributed by atoms with Gasteiger partial charge in [0.15, 0.2) is 0 Å². The van der Waals surface area contributed by atoms with Gasteiger partial charge >= 0.3 is 6.18 Å². The summed E-state index contributed by atoms with van der Waals surface area (Å²) in [4.78, 5) is 0. The Morgan fingerprint density at radius 3 is 2.36 bits per heavy atom. The van der Waals surface area contributed by atoms with Gasteiger partial charge in [-0.3, -0.25) is 0 Å². The van der Waals surface area contributed by atoms with Gasteiger partial charge in [0.1, 0.15) is 5.82 Å². The molecule has 0 aliphatic rings. The van der Waals surface area contributed by atoms with E-state index >= 15 is 0 Å². The monoisotopic (exact) mass is 207 g/mol. The van der Waals surface area contributed by atoms with Gasteiger partial charge < -0.3 is 5.73 Å². The Morgan fingerprint density at radius 1 is 1.21 bits per heavy atom. The van der Waals surface area contributed by atoms with Crippen molar-refractivity contribution in [3.8, 4) is 0 Å². The van der Waals surface area contributed by atoms with Crippen LogP contribution in [0.3, 0.4) is 0 Å². The van der Waals surface area contributed by atoms with Crippen molar-refractivity contribution in [2.75, 3.05) is 6.54 Å². The highest BCUT2D eigenvalue weighted by Gasteiger charge is 2.32. The van der Waals surface area contributed by atoms with E-state index in [0.717, 1.165) is 18.2 Å². The Hall–Kier alpha value is -1.10. The van der Waals surface area contributed by atoms with Crippen LogP contribution in [0.4, 0.5) is 17.6 Å². The van der Waals surface area contributed by atoms with Crippen LogP contribution in [0.5, 0.6) is 0 Å². The molecule has 1 aromatic carbocycles. The van der Waals surface area contributed by atoms with Crippen molar-refractivity contribution in [1.82, 2.24) is 0 Å². The molecule has 14 heavy (non-hydrogen) atoms. The zero-order valence-electron chi connectivity index (χ0n) is 7.24. The molecule has 0 bridgehead atoms. The van der Waals surface area contributed by atoms with Crippen LogP contribution in [0.25, 0.3) is 0 Å². The minimum Gasteiger partial charge on any atom is -0.330 e. The van der Waals surface area contributed by atoms with Crippen molar-refractivity contribution in [2.24, 2.45) is 5.73 Å². The molecule has 0 radical (unpaired) electrons. The Labute approximate surface area is 78.5 Å². The lowest BCUT2D eigenvalue weighted by molar-refractivity contribution is -0.138. The predicted octanol–water partition coefficient (Wildman–Crippen LogP) is 2.35. The van der Waals surface area contributed by atoms with Crippen LogP contribution < -0.4 is 5.73 Å². The fourth-order valence-electron chi connectivity index (χ4n) is 1.20. The van der Waals surface area contributed by atoms with Gasteiger partial charge in [0, 0.05) is 0 Å². The molecule has 0 spiro atoms. The molecule has 0 atom stereocenters. The number of hydrogen-bond acceptors (Lipinski definition) is 1. The zero-order valence-corrected chi connectivity index (χ0v) is 7.24. The molecule has 0 heterocycles. The maximum absolute atomic E-state index is 12.7. The molecule has 1 nitrogen and oxygen atoms in total. The topological polar surface area (TPSA) is 26.0 Å². The Balaban J connectivity index is 3.15. The fraction of sp³-hybridized carbons (Fsp3) is 0.333. The molecule has 0 unspecified atom stereocenters. The average molecular weight is 207 g/mol. The number of nitrogens with two attached hydrogens (primary N) is 1. The van der Waals surface area contributed by atoms with E-state index in [-0.39, 0.29) is 18.5 Å². The first-order valence-electron chi connectivity index (χ1n) is 4.01. The van der Waals surface area contributed by atoms with E-state index in [9.17, 15) is 17.6 Å². The Kier molecular flexibility index (Phi) is 3.10. The van der Waals surface area contributed by atoms with E-state index < -0.39 is 17.6 Å². The van der Waals surface area contributed by atoms with Gasteiger partial charge in [-0.05, 0) is 36.7 Å². The smallest absolute Gasteiger partial charge is 0.330 e. The SMILES string of the molecule is NCCc1cc(F)ccc1C(F)(F)F. The normalized spacial score (nSPS) is 11.8. The molecule has 0 amide bonds. The van der Waals surface area contributed by atoms with E-state index in [0.29, 0.717) is 0 Å². The van der Waals surface area contributed by atoms with Crippen LogP contribution in [0.1, 0.15) is 11.1 Å². The van der Waals surface area contributed by atoms with Crippen molar-refractivity contribution in [1.29, 1.82) is 0 Å². The maximum Gasteiger partial charge on any atom is 0.416 e. The Morgan fingerprint density at radius 2 is 1.86 bits per heavy atom. The summed E-state index contributed by atoms with van der Waals surface area (Å²) in [6.07, 6.45) is -4.43. The predicted molar refractivity (Wildman–Crippen MR) is 44.2 cm³/mol. The number of halogens is 4. The first-order chi connectivity index (χ1) is 6.45. The second-order valence-corrected chi connectivity index (χ2v) is 2.84. The largest absolute Gasteiger partial charge is 0.416 e. The second-order valence-electron chi connectivity index (χ2n) is 2.84. The van der Waals surface area contributed by atoms with Gasteiger partial charge in [0.05, 0.1) is 5.56 Å². The molecular weight excluding hydrogens is 198 g/mol. The second kappa shape index (κ2) is 3.96. The summed E-state index contributed by atoms with van der Waals surface area (Å²) in [6.45, 7) is 0.0620. The first kappa shape index (κ1) is 11.0. The third-order valence-electron chi connectivity index (χ3n) is 1.79. The molecule has 2 N–H and O–H groups in total. The summed E-state index contributed by atoms with van der Waals surface area (Å²) in [7, 11) is 0. The summed E-state index contributed by atoms with van der Waals surface area (Å²) in [5.74, 6) is -0.679. The molecule has 1 aromatic rings. The molecule has 78 valence electrons. The van der Waals surface area contributed by atoms with Crippen molar-refractivity contribution in [3.63, 3.8) is 0 Å². The molecule has 0 aromatic heterocycles. The van der Waals surface area contributed by atoms with E-state index in [2.05, 4.69) is 0 Å². The Bertz CT molecular complexity index is 319. The standard InChI is InChI=1S/C9H9F4N/c10-7-1-2-8(9(11,12)13)6(5-7)3-4-14/h1-2,5H,3-4,14H2. The fourth-order valence-corrected chi connectivity index (χ4v) is 1.20. The number of rotatable bonds is 2. The lowest BCUT2D eigenvalue weighted by Gasteiger charge is -2.11. The van der Waals surface area contributed by atoms with Crippen LogP contribution >= 0.6 is 0 Å². The van der Waals surface area contributed by atoms with Crippen LogP contribution in [0.15, 0.2) is 18.2 Å². The van der Waals surface area contributed by atoms with Crippen LogP contribution in [0, 0.1) is 5.82 Å². The van der Waals surface area contributed by atoms with Crippen molar-refractivity contribution >= 4 is 0 Å². The van der Waals surface area contributed by atoms with E-state index in [1.807, 2.05) is 0 Å². The lowest BCUT2D eigenvalue weighted by atomic mass is 10.0. The van der Waals surface area contributed by atoms with Crippen LogP contribution in [-0.2, 0) is 12.6 Å². The van der Waals surface area contributed by atoms with Crippen molar-refractivity contribution in [2.45, 2.75) is 12.6 Å². The molecule has 0 saturated carbocycles. The minimum absolute atomic E-state index is 0.0204. The van der Waals surface area contributed by atoms with Crippen molar-refractivity contribution < 1.29 is 17.6 Å². The van der Waals surface area contributed by atoms with Crippen LogP contribution in [0.2, 0.25) is 0 Å². The van der Waals surface area contributed by atoms with Crippen molar-refractivity contribution in [3.05, 3.63) is 35.1 Å². The summed E-state index contributed by atoms with van der Waals surface area (Å²) in [5.41, 5.74) is 4.22. The highest BCUT2D eigenvalue weighted by Crippen LogP contribution is 2.32. The van der Waals surface area contributed by atoms with Gasteiger partial charge in [0.2, 0.25) is 0 Å². The zero-order chi connectivity index (χ0) is 10.8. The molecular formula is C9H9F4N. The van der Waals surface area contributed by atoms with Gasteiger partial charge in [-0.1, -0.05) is 0 Å². The van der Waals surface area contributed by atoms with Gasteiger partial charge in [-0.15, -0.1) is 0 Å². The third-order valence-corrected chi connectivity index (χ3v) is 1.79. The number of alkyl halides is 3. The molecule has 1 rings (SSSR count). The van der Waals surface area contributed by atoms with E-state index in [1.165, 1.54) is 0 Å². The highest BCUT2D eigenvalue weighted by molar-refractivity contribution is 5.30. The van der Waals surface area contributed by atoms with E-state index in [4.69, 9.17) is 5.73 Å². The molecule has 0 aliphatic carbocycles. The average Bonchev–Trinajstić information content (AvgIpc) is 2.02. The van der Waals surface area contributed by atoms with Crippen LogP contribution in [-0.4, -0.2) is 6.54 Å². The highest BCUT2D eigenvalue weighted by atomic mass is 19.4. The lowest BCUT2D eigenvalue weighted by Crippen LogP contribution is -2.12. The molecule has 0 aliphatic heterocycles. The summed E-state index contributed by atoms with van der Waals surface area (Å²) in [5, 5.41) is 0. The summed E-state index contributed by atoms with van der Waals surface area (Å²) < 4.78 is 49.7. The van der Waals surface area contributed by atoms with Gasteiger partial charge in [-0.25, -0.2) is 4.39 Å². The quantitative estimate of drug-likeness (QED) is 0.740. The number of hydrogen-bond donors (Lipinski definition) is 1. The maximum atomic E-state index is 12.7. The van der Waals surface area contributed by atoms with Gasteiger partial charge in [0.25, 0.3) is 0 Å². The van der Waals surface area contributed by atoms with Gasteiger partial charge in [-0.2, -0.15) is 13.2 Å². The molecule has 0 saturated heterocycles. The third kappa shape index (κ3) is 2.45. The number of benzene rings is 1. The first-order valence-corrected chi connectivity index (χ1v) is 4.01. The summed E-state index contributed by atoms with van der Waals surface area (Å²) >= 11 is 0.